The van der Waals surface area contributed by atoms with Crippen LogP contribution in [-0.2, 0) is 13.5 Å². The van der Waals surface area contributed by atoms with Gasteiger partial charge in [-0.2, -0.15) is 5.10 Å². The molecule has 0 spiro atoms. The summed E-state index contributed by atoms with van der Waals surface area (Å²) < 4.78 is 1.67. The molecule has 0 aromatic carbocycles. The van der Waals surface area contributed by atoms with Gasteiger partial charge in [-0.1, -0.05) is 0 Å². The molecule has 0 saturated carbocycles. The second kappa shape index (κ2) is 3.34. The summed E-state index contributed by atoms with van der Waals surface area (Å²) in [6.07, 6.45) is 2.28. The maximum absolute atomic E-state index is 10.1. The van der Waals surface area contributed by atoms with Gasteiger partial charge in [0, 0.05) is 24.6 Å². The minimum atomic E-state index is -0.313. The first-order valence-corrected chi connectivity index (χ1v) is 3.70. The number of aromatic nitrogens is 2. The van der Waals surface area contributed by atoms with Crippen LogP contribution in [0.5, 0.6) is 0 Å². The molecule has 0 amide bonds. The molecule has 5 heteroatoms. The van der Waals surface area contributed by atoms with Crippen molar-refractivity contribution in [3.05, 3.63) is 27.6 Å². The van der Waals surface area contributed by atoms with Gasteiger partial charge in [0.1, 0.15) is 0 Å². The fourth-order valence-corrected chi connectivity index (χ4v) is 1.11. The Kier molecular flexibility index (Phi) is 2.42. The van der Waals surface area contributed by atoms with E-state index in [1.165, 1.54) is 0 Å². The van der Waals surface area contributed by atoms with Crippen LogP contribution in [-0.4, -0.2) is 21.2 Å². The zero-order chi connectivity index (χ0) is 9.14. The minimum absolute atomic E-state index is 0.0213. The molecule has 0 fully saturated rings. The van der Waals surface area contributed by atoms with Crippen molar-refractivity contribution in [2.24, 2.45) is 7.05 Å². The second-order valence-corrected chi connectivity index (χ2v) is 2.72. The highest BCUT2D eigenvalue weighted by atomic mass is 16.6. The lowest BCUT2D eigenvalue weighted by Crippen LogP contribution is -2.04. The first-order chi connectivity index (χ1) is 5.59. The molecule has 1 aromatic heterocycles. The molecule has 1 heterocycles. The van der Waals surface area contributed by atoms with Crippen molar-refractivity contribution in [1.29, 1.82) is 0 Å². The van der Waals surface area contributed by atoms with Gasteiger partial charge in [-0.05, 0) is 12.5 Å². The average molecular weight is 169 g/mol. The largest absolute Gasteiger partial charge is 0.275 e. The summed E-state index contributed by atoms with van der Waals surface area (Å²) in [5, 5.41) is 14.2. The molecule has 0 atom stereocenters. The van der Waals surface area contributed by atoms with Crippen molar-refractivity contribution in [2.75, 3.05) is 6.54 Å². The molecule has 0 radical (unpaired) electrons. The van der Waals surface area contributed by atoms with Crippen LogP contribution in [0.1, 0.15) is 11.3 Å². The third-order valence-electron chi connectivity index (χ3n) is 1.68. The van der Waals surface area contributed by atoms with Crippen LogP contribution >= 0.6 is 0 Å². The third-order valence-corrected chi connectivity index (χ3v) is 1.68. The minimum Gasteiger partial charge on any atom is -0.275 e. The zero-order valence-electron chi connectivity index (χ0n) is 7.15. The Morgan fingerprint density at radius 2 is 2.42 bits per heavy atom. The van der Waals surface area contributed by atoms with Crippen LogP contribution in [0.2, 0.25) is 0 Å². The van der Waals surface area contributed by atoms with Gasteiger partial charge in [-0.3, -0.25) is 14.8 Å². The molecule has 12 heavy (non-hydrogen) atoms. The van der Waals surface area contributed by atoms with Crippen molar-refractivity contribution in [1.82, 2.24) is 9.78 Å². The van der Waals surface area contributed by atoms with Gasteiger partial charge in [0.15, 0.2) is 0 Å². The van der Waals surface area contributed by atoms with Crippen LogP contribution in [0.3, 0.4) is 0 Å². The van der Waals surface area contributed by atoms with E-state index in [4.69, 9.17) is 0 Å². The zero-order valence-corrected chi connectivity index (χ0v) is 7.15. The quantitative estimate of drug-likeness (QED) is 0.490. The highest BCUT2D eigenvalue weighted by molar-refractivity contribution is 5.15. The molecular formula is C7H11N3O2. The standard InChI is InChI=1S/C7H11N3O2/c1-6-7(3-4-10(11)12)5-9(2)8-6/h5H,3-4H2,1-2H3. The van der Waals surface area contributed by atoms with Crippen molar-refractivity contribution in [3.63, 3.8) is 0 Å². The molecule has 1 aromatic rings. The maximum Gasteiger partial charge on any atom is 0.208 e. The first kappa shape index (κ1) is 8.70. The molecule has 5 nitrogen and oxygen atoms in total. The fraction of sp³-hybridized carbons (Fsp3) is 0.571. The Labute approximate surface area is 70.2 Å². The van der Waals surface area contributed by atoms with Crippen molar-refractivity contribution < 1.29 is 4.92 Å². The van der Waals surface area contributed by atoms with Crippen molar-refractivity contribution in [2.45, 2.75) is 13.3 Å². The van der Waals surface area contributed by atoms with E-state index in [0.717, 1.165) is 11.3 Å². The molecule has 0 aliphatic heterocycles. The fourth-order valence-electron chi connectivity index (χ4n) is 1.11. The van der Waals surface area contributed by atoms with E-state index in [1.807, 2.05) is 20.2 Å². The molecule has 0 saturated heterocycles. The van der Waals surface area contributed by atoms with Gasteiger partial charge in [0.05, 0.1) is 5.69 Å². The summed E-state index contributed by atoms with van der Waals surface area (Å²) in [5.74, 6) is 0. The lowest BCUT2D eigenvalue weighted by Gasteiger charge is -1.91. The van der Waals surface area contributed by atoms with Crippen LogP contribution in [0.15, 0.2) is 6.20 Å². The molecule has 66 valence electrons. The van der Waals surface area contributed by atoms with E-state index < -0.39 is 0 Å². The average Bonchev–Trinajstić information content (AvgIpc) is 2.26. The molecule has 0 N–H and O–H groups in total. The topological polar surface area (TPSA) is 61.0 Å². The molecule has 0 unspecified atom stereocenters. The summed E-state index contributed by atoms with van der Waals surface area (Å²) in [7, 11) is 1.81. The lowest BCUT2D eigenvalue weighted by atomic mass is 10.2. The van der Waals surface area contributed by atoms with Crippen LogP contribution in [0.4, 0.5) is 0 Å². The molecular weight excluding hydrogens is 158 g/mol. The van der Waals surface area contributed by atoms with Gasteiger partial charge in [-0.25, -0.2) is 0 Å². The van der Waals surface area contributed by atoms with Crippen LogP contribution in [0.25, 0.3) is 0 Å². The SMILES string of the molecule is Cc1nn(C)cc1CC[N+](=O)[O-]. The monoisotopic (exact) mass is 169 g/mol. The van der Waals surface area contributed by atoms with Gasteiger partial charge in [-0.15, -0.1) is 0 Å². The van der Waals surface area contributed by atoms with Gasteiger partial charge in [0.2, 0.25) is 6.54 Å². The lowest BCUT2D eigenvalue weighted by molar-refractivity contribution is -0.479. The Hall–Kier alpha value is -1.39. The van der Waals surface area contributed by atoms with E-state index in [0.29, 0.717) is 6.42 Å². The summed E-state index contributed by atoms with van der Waals surface area (Å²) in [5.41, 5.74) is 1.83. The van der Waals surface area contributed by atoms with Gasteiger partial charge in [0.25, 0.3) is 0 Å². The first-order valence-electron chi connectivity index (χ1n) is 3.70. The second-order valence-electron chi connectivity index (χ2n) is 2.72. The summed E-state index contributed by atoms with van der Waals surface area (Å²) in [4.78, 5) is 9.76. The van der Waals surface area contributed by atoms with Gasteiger partial charge < -0.3 is 0 Å². The number of nitrogens with zero attached hydrogens (tertiary/aromatic N) is 3. The number of aryl methyl sites for hydroxylation is 2. The Bertz CT molecular complexity index is 293. The van der Waals surface area contributed by atoms with Crippen LogP contribution in [0, 0.1) is 17.0 Å². The number of nitro groups is 1. The van der Waals surface area contributed by atoms with E-state index in [2.05, 4.69) is 5.10 Å². The van der Waals surface area contributed by atoms with E-state index in [9.17, 15) is 10.1 Å². The van der Waals surface area contributed by atoms with E-state index in [1.54, 1.807) is 4.68 Å². The maximum atomic E-state index is 10.1. The molecule has 1 rings (SSSR count). The predicted octanol–water partition coefficient (Wildman–Crippen LogP) is 0.548. The number of hydrogen-bond donors (Lipinski definition) is 0. The van der Waals surface area contributed by atoms with Gasteiger partial charge >= 0.3 is 0 Å². The predicted molar refractivity (Wildman–Crippen MR) is 43.5 cm³/mol. The Morgan fingerprint density at radius 3 is 2.83 bits per heavy atom. The number of hydrogen-bond acceptors (Lipinski definition) is 3. The number of rotatable bonds is 3. The summed E-state index contributed by atoms with van der Waals surface area (Å²) >= 11 is 0. The van der Waals surface area contributed by atoms with E-state index >= 15 is 0 Å². The van der Waals surface area contributed by atoms with E-state index in [-0.39, 0.29) is 11.5 Å². The summed E-state index contributed by atoms with van der Waals surface area (Å²) in [6, 6.07) is 0. The van der Waals surface area contributed by atoms with Crippen molar-refractivity contribution in [3.8, 4) is 0 Å². The Morgan fingerprint density at radius 1 is 1.75 bits per heavy atom. The molecule has 0 aliphatic carbocycles. The highest BCUT2D eigenvalue weighted by Gasteiger charge is 2.05. The Balaban J connectivity index is 2.62. The third kappa shape index (κ3) is 2.05. The van der Waals surface area contributed by atoms with Crippen LogP contribution < -0.4 is 0 Å². The highest BCUT2D eigenvalue weighted by Crippen LogP contribution is 2.04. The summed E-state index contributed by atoms with van der Waals surface area (Å²) in [6.45, 7) is 1.84. The smallest absolute Gasteiger partial charge is 0.208 e. The molecule has 0 bridgehead atoms. The molecule has 0 aliphatic rings. The van der Waals surface area contributed by atoms with Crippen molar-refractivity contribution >= 4 is 0 Å². The normalized spacial score (nSPS) is 10.2.